The molecule has 3 heteroatoms. The first kappa shape index (κ1) is 11.7. The van der Waals surface area contributed by atoms with E-state index in [1.807, 2.05) is 13.8 Å². The third kappa shape index (κ3) is 3.39. The van der Waals surface area contributed by atoms with E-state index in [0.717, 1.165) is 38.8 Å². The van der Waals surface area contributed by atoms with Crippen molar-refractivity contribution in [1.29, 1.82) is 0 Å². The minimum Gasteiger partial charge on any atom is -0.396 e. The first-order valence-corrected chi connectivity index (χ1v) is 5.37. The molecule has 0 spiro atoms. The molecule has 0 amide bonds. The van der Waals surface area contributed by atoms with E-state index < -0.39 is 0 Å². The summed E-state index contributed by atoms with van der Waals surface area (Å²) in [7, 11) is 0. The van der Waals surface area contributed by atoms with Gasteiger partial charge < -0.3 is 14.8 Å². The molecule has 1 saturated heterocycles. The molecule has 82 valence electrons. The smallest absolute Gasteiger partial charge is 0.126 e. The van der Waals surface area contributed by atoms with E-state index in [1.165, 1.54) is 0 Å². The van der Waals surface area contributed by atoms with E-state index in [2.05, 4.69) is 4.90 Å². The van der Waals surface area contributed by atoms with Crippen molar-refractivity contribution in [2.75, 3.05) is 26.2 Å². The molecule has 1 aliphatic heterocycles. The maximum Gasteiger partial charge on any atom is 0.126 e. The molecule has 0 bridgehead atoms. The molecule has 0 radical (unpaired) electrons. The number of likely N-dealkylation sites (tertiary alicyclic amines) is 1. The zero-order valence-electron chi connectivity index (χ0n) is 9.20. The quantitative estimate of drug-likeness (QED) is 0.669. The van der Waals surface area contributed by atoms with Crippen LogP contribution in [0.1, 0.15) is 26.7 Å². The summed E-state index contributed by atoms with van der Waals surface area (Å²) in [5, 5.41) is 8.82. The second kappa shape index (κ2) is 4.89. The molecule has 1 N–H and O–H groups in total. The van der Waals surface area contributed by atoms with Gasteiger partial charge in [0.1, 0.15) is 6.29 Å². The number of carbonyl (C=O) groups is 1. The zero-order chi connectivity index (χ0) is 10.6. The van der Waals surface area contributed by atoms with Crippen molar-refractivity contribution in [3.05, 3.63) is 0 Å². The number of nitrogens with zero attached hydrogens (tertiary/aromatic N) is 1. The molecular formula is C11H21NO2. The maximum atomic E-state index is 10.8. The summed E-state index contributed by atoms with van der Waals surface area (Å²) in [6.45, 7) is 7.19. The first-order valence-electron chi connectivity index (χ1n) is 5.37. The van der Waals surface area contributed by atoms with Gasteiger partial charge in [0, 0.05) is 25.1 Å². The zero-order valence-corrected chi connectivity index (χ0v) is 9.20. The Bertz CT molecular complexity index is 192. The third-order valence-corrected chi connectivity index (χ3v) is 2.86. The number of carbonyl (C=O) groups excluding carboxylic acids is 1. The fourth-order valence-electron chi connectivity index (χ4n) is 2.09. The van der Waals surface area contributed by atoms with Gasteiger partial charge >= 0.3 is 0 Å². The summed E-state index contributed by atoms with van der Waals surface area (Å²) in [5.41, 5.74) is -0.228. The molecule has 1 unspecified atom stereocenters. The van der Waals surface area contributed by atoms with Gasteiger partial charge in [0.25, 0.3) is 0 Å². The number of aliphatic hydroxyl groups is 1. The standard InChI is InChI=1S/C11H21NO2/c1-11(2,9-14)8-12-5-3-10(7-12)4-6-13/h9-10,13H,3-8H2,1-2H3. The van der Waals surface area contributed by atoms with Gasteiger partial charge in [0.2, 0.25) is 0 Å². The van der Waals surface area contributed by atoms with Crippen molar-refractivity contribution in [3.8, 4) is 0 Å². The van der Waals surface area contributed by atoms with E-state index in [1.54, 1.807) is 0 Å². The highest BCUT2D eigenvalue weighted by molar-refractivity contribution is 5.58. The van der Waals surface area contributed by atoms with E-state index in [0.29, 0.717) is 5.92 Å². The van der Waals surface area contributed by atoms with Crippen LogP contribution in [-0.4, -0.2) is 42.5 Å². The fourth-order valence-corrected chi connectivity index (χ4v) is 2.09. The lowest BCUT2D eigenvalue weighted by Crippen LogP contribution is -2.33. The van der Waals surface area contributed by atoms with E-state index >= 15 is 0 Å². The van der Waals surface area contributed by atoms with Crippen LogP contribution in [0.15, 0.2) is 0 Å². The predicted octanol–water partition coefficient (Wildman–Crippen LogP) is 0.916. The highest BCUT2D eigenvalue weighted by Gasteiger charge is 2.27. The van der Waals surface area contributed by atoms with Crippen LogP contribution in [-0.2, 0) is 4.79 Å². The SMILES string of the molecule is CC(C)(C=O)CN1CCC(CCO)C1. The largest absolute Gasteiger partial charge is 0.396 e. The Hall–Kier alpha value is -0.410. The molecule has 1 rings (SSSR count). The van der Waals surface area contributed by atoms with Gasteiger partial charge in [-0.15, -0.1) is 0 Å². The van der Waals surface area contributed by atoms with Crippen LogP contribution in [0.5, 0.6) is 0 Å². The Kier molecular flexibility index (Phi) is 4.08. The molecule has 1 fully saturated rings. The Balaban J connectivity index is 2.32. The monoisotopic (exact) mass is 199 g/mol. The van der Waals surface area contributed by atoms with E-state index in [4.69, 9.17) is 5.11 Å². The molecule has 1 atom stereocenters. The van der Waals surface area contributed by atoms with Crippen LogP contribution in [0, 0.1) is 11.3 Å². The van der Waals surface area contributed by atoms with Crippen molar-refractivity contribution < 1.29 is 9.90 Å². The molecule has 0 aromatic carbocycles. The van der Waals surface area contributed by atoms with Crippen molar-refractivity contribution in [2.24, 2.45) is 11.3 Å². The topological polar surface area (TPSA) is 40.5 Å². The molecular weight excluding hydrogens is 178 g/mol. The second-order valence-electron chi connectivity index (χ2n) is 5.01. The number of aldehydes is 1. The van der Waals surface area contributed by atoms with E-state index in [9.17, 15) is 4.79 Å². The van der Waals surface area contributed by atoms with E-state index in [-0.39, 0.29) is 12.0 Å². The van der Waals surface area contributed by atoms with Crippen molar-refractivity contribution in [2.45, 2.75) is 26.7 Å². The average molecular weight is 199 g/mol. The lowest BCUT2D eigenvalue weighted by atomic mass is 9.95. The second-order valence-corrected chi connectivity index (χ2v) is 5.01. The van der Waals surface area contributed by atoms with Gasteiger partial charge in [-0.2, -0.15) is 0 Å². The van der Waals surface area contributed by atoms with Crippen LogP contribution in [0.3, 0.4) is 0 Å². The Morgan fingerprint density at radius 2 is 2.29 bits per heavy atom. The predicted molar refractivity (Wildman–Crippen MR) is 56.1 cm³/mol. The average Bonchev–Trinajstić information content (AvgIpc) is 2.53. The number of aliphatic hydroxyl groups excluding tert-OH is 1. The Morgan fingerprint density at radius 1 is 1.57 bits per heavy atom. The summed E-state index contributed by atoms with van der Waals surface area (Å²) in [5.74, 6) is 0.627. The van der Waals surface area contributed by atoms with Gasteiger partial charge in [-0.3, -0.25) is 0 Å². The highest BCUT2D eigenvalue weighted by atomic mass is 16.3. The summed E-state index contributed by atoms with van der Waals surface area (Å²) < 4.78 is 0. The molecule has 0 aromatic rings. The van der Waals surface area contributed by atoms with Gasteiger partial charge in [-0.25, -0.2) is 0 Å². The van der Waals surface area contributed by atoms with Crippen LogP contribution < -0.4 is 0 Å². The lowest BCUT2D eigenvalue weighted by Gasteiger charge is -2.24. The summed E-state index contributed by atoms with van der Waals surface area (Å²) in [6.07, 6.45) is 3.10. The number of hydrogen-bond acceptors (Lipinski definition) is 3. The maximum absolute atomic E-state index is 10.8. The highest BCUT2D eigenvalue weighted by Crippen LogP contribution is 2.23. The molecule has 3 nitrogen and oxygen atoms in total. The van der Waals surface area contributed by atoms with Crippen LogP contribution in [0.25, 0.3) is 0 Å². The third-order valence-electron chi connectivity index (χ3n) is 2.86. The Morgan fingerprint density at radius 3 is 2.86 bits per heavy atom. The van der Waals surface area contributed by atoms with Crippen molar-refractivity contribution in [1.82, 2.24) is 4.90 Å². The molecule has 0 saturated carbocycles. The number of rotatable bonds is 5. The van der Waals surface area contributed by atoms with Gasteiger partial charge in [0.15, 0.2) is 0 Å². The van der Waals surface area contributed by atoms with Crippen molar-refractivity contribution >= 4 is 6.29 Å². The van der Waals surface area contributed by atoms with Crippen molar-refractivity contribution in [3.63, 3.8) is 0 Å². The molecule has 1 heterocycles. The molecule has 14 heavy (non-hydrogen) atoms. The Labute approximate surface area is 86.1 Å². The molecule has 0 aromatic heterocycles. The summed E-state index contributed by atoms with van der Waals surface area (Å²) >= 11 is 0. The van der Waals surface area contributed by atoms with Crippen LogP contribution in [0.2, 0.25) is 0 Å². The van der Waals surface area contributed by atoms with Crippen LogP contribution in [0.4, 0.5) is 0 Å². The molecule has 1 aliphatic rings. The lowest BCUT2D eigenvalue weighted by molar-refractivity contribution is -0.115. The fraction of sp³-hybridized carbons (Fsp3) is 0.909. The van der Waals surface area contributed by atoms with Gasteiger partial charge in [0.05, 0.1) is 0 Å². The number of hydrogen-bond donors (Lipinski definition) is 1. The minimum absolute atomic E-state index is 0.228. The normalized spacial score (nSPS) is 24.1. The minimum atomic E-state index is -0.228. The summed E-state index contributed by atoms with van der Waals surface area (Å²) in [6, 6.07) is 0. The van der Waals surface area contributed by atoms with Gasteiger partial charge in [-0.1, -0.05) is 13.8 Å². The summed E-state index contributed by atoms with van der Waals surface area (Å²) in [4.78, 5) is 13.1. The van der Waals surface area contributed by atoms with Gasteiger partial charge in [-0.05, 0) is 25.3 Å². The molecule has 0 aliphatic carbocycles. The first-order chi connectivity index (χ1) is 6.57. The van der Waals surface area contributed by atoms with Crippen LogP contribution >= 0.6 is 0 Å².